The predicted molar refractivity (Wildman–Crippen MR) is 37.9 cm³/mol. The quantitative estimate of drug-likeness (QED) is 0.280. The molecule has 0 unspecified atom stereocenters. The number of hydrogen-bond acceptors (Lipinski definition) is 6. The summed E-state index contributed by atoms with van der Waals surface area (Å²) in [5, 5.41) is 1.23. The van der Waals surface area contributed by atoms with E-state index in [1.807, 2.05) is 0 Å². The van der Waals surface area contributed by atoms with Crippen LogP contribution in [0.4, 0.5) is 0 Å². The summed E-state index contributed by atoms with van der Waals surface area (Å²) in [5.41, 5.74) is 16.4. The second-order valence-corrected chi connectivity index (χ2v) is 1.95. The zero-order chi connectivity index (χ0) is 7.72. The molecule has 0 saturated carbocycles. The van der Waals surface area contributed by atoms with Crippen molar-refractivity contribution >= 4 is 5.84 Å². The zero-order valence-corrected chi connectivity index (χ0v) is 5.41. The lowest BCUT2D eigenvalue weighted by Gasteiger charge is -2.22. The first-order chi connectivity index (χ1) is 4.63. The second kappa shape index (κ2) is 2.07. The smallest absolute Gasteiger partial charge is 0.147 e. The summed E-state index contributed by atoms with van der Waals surface area (Å²) in [6.07, 6.45) is 0. The van der Waals surface area contributed by atoms with E-state index in [1.165, 1.54) is 5.01 Å². The fourth-order valence-corrected chi connectivity index (χ4v) is 0.600. The largest absolute Gasteiger partial charge is 0.393 e. The van der Waals surface area contributed by atoms with E-state index in [9.17, 15) is 0 Å². The van der Waals surface area contributed by atoms with E-state index in [1.54, 1.807) is 0 Å². The van der Waals surface area contributed by atoms with Crippen molar-refractivity contribution in [3.63, 3.8) is 0 Å². The molecule has 0 spiro atoms. The molecule has 1 aliphatic heterocycles. The number of aliphatic imine (C=N–C) groups is 1. The molecule has 0 saturated heterocycles. The molecule has 1 heterocycles. The zero-order valence-electron chi connectivity index (χ0n) is 5.41. The van der Waals surface area contributed by atoms with Gasteiger partial charge in [-0.15, -0.1) is 0 Å². The second-order valence-electron chi connectivity index (χ2n) is 1.95. The van der Waals surface area contributed by atoms with Crippen LogP contribution in [0.3, 0.4) is 0 Å². The highest BCUT2D eigenvalue weighted by Gasteiger charge is 2.13. The lowest BCUT2D eigenvalue weighted by Crippen LogP contribution is -2.43. The van der Waals surface area contributed by atoms with Crippen LogP contribution >= 0.6 is 0 Å². The molecule has 56 valence electrons. The topological polar surface area (TPSA) is 120 Å². The first-order valence-corrected chi connectivity index (χ1v) is 2.70. The molecule has 0 aliphatic carbocycles. The van der Waals surface area contributed by atoms with Gasteiger partial charge in [0.1, 0.15) is 24.0 Å². The molecular formula is C4H10N6. The van der Waals surface area contributed by atoms with Crippen molar-refractivity contribution in [1.29, 1.82) is 0 Å². The molecule has 6 heteroatoms. The number of nitrogens with two attached hydrogens (primary N) is 4. The SMILES string of the molecule is NC1=NCN(N)C(N)=C1N. The van der Waals surface area contributed by atoms with Crippen LogP contribution in [0.5, 0.6) is 0 Å². The van der Waals surface area contributed by atoms with Gasteiger partial charge in [0.15, 0.2) is 0 Å². The normalized spacial score (nSPS) is 19.3. The van der Waals surface area contributed by atoms with Gasteiger partial charge >= 0.3 is 0 Å². The van der Waals surface area contributed by atoms with Gasteiger partial charge in [-0.2, -0.15) is 0 Å². The van der Waals surface area contributed by atoms with Crippen LogP contribution in [0.25, 0.3) is 0 Å². The molecule has 0 aromatic carbocycles. The first-order valence-electron chi connectivity index (χ1n) is 2.70. The van der Waals surface area contributed by atoms with E-state index in [4.69, 9.17) is 23.0 Å². The van der Waals surface area contributed by atoms with Crippen LogP contribution in [0.15, 0.2) is 16.5 Å². The monoisotopic (exact) mass is 142 g/mol. The molecule has 0 radical (unpaired) electrons. The first kappa shape index (κ1) is 6.69. The number of nitrogens with zero attached hydrogens (tertiary/aromatic N) is 2. The summed E-state index contributed by atoms with van der Waals surface area (Å²) in [6, 6.07) is 0. The molecule has 10 heavy (non-hydrogen) atoms. The van der Waals surface area contributed by atoms with E-state index in [-0.39, 0.29) is 24.0 Å². The molecule has 1 aliphatic rings. The van der Waals surface area contributed by atoms with E-state index in [0.717, 1.165) is 0 Å². The highest BCUT2D eigenvalue weighted by molar-refractivity contribution is 5.97. The summed E-state index contributed by atoms with van der Waals surface area (Å²) in [5.74, 6) is 5.86. The minimum absolute atomic E-state index is 0.244. The van der Waals surface area contributed by atoms with Crippen molar-refractivity contribution in [3.8, 4) is 0 Å². The van der Waals surface area contributed by atoms with Gasteiger partial charge in [-0.25, -0.2) is 10.8 Å². The molecule has 0 fully saturated rings. The Morgan fingerprint density at radius 1 is 1.30 bits per heavy atom. The van der Waals surface area contributed by atoms with Gasteiger partial charge in [-0.05, 0) is 0 Å². The Bertz CT molecular complexity index is 204. The highest BCUT2D eigenvalue weighted by Crippen LogP contribution is 2.01. The van der Waals surface area contributed by atoms with Crippen LogP contribution in [-0.4, -0.2) is 17.5 Å². The Balaban J connectivity index is 2.94. The summed E-state index contributed by atoms with van der Waals surface area (Å²) in [7, 11) is 0. The van der Waals surface area contributed by atoms with Gasteiger partial charge in [0.05, 0.1) is 0 Å². The molecule has 8 N–H and O–H groups in total. The molecule has 6 nitrogen and oxygen atoms in total. The third-order valence-corrected chi connectivity index (χ3v) is 1.25. The van der Waals surface area contributed by atoms with Gasteiger partial charge in [0.2, 0.25) is 0 Å². The summed E-state index contributed by atoms with van der Waals surface area (Å²) < 4.78 is 0. The maximum absolute atomic E-state index is 5.41. The summed E-state index contributed by atoms with van der Waals surface area (Å²) >= 11 is 0. The van der Waals surface area contributed by atoms with Crippen molar-refractivity contribution in [1.82, 2.24) is 5.01 Å². The van der Waals surface area contributed by atoms with Crippen molar-refractivity contribution < 1.29 is 0 Å². The Morgan fingerprint density at radius 3 is 2.40 bits per heavy atom. The number of hydrazine groups is 1. The maximum atomic E-state index is 5.41. The fourth-order valence-electron chi connectivity index (χ4n) is 0.600. The van der Waals surface area contributed by atoms with Gasteiger partial charge in [-0.1, -0.05) is 0 Å². The number of hydrogen-bond donors (Lipinski definition) is 4. The third-order valence-electron chi connectivity index (χ3n) is 1.25. The van der Waals surface area contributed by atoms with E-state index < -0.39 is 0 Å². The standard InChI is InChI=1S/C4H10N6/c5-2-3(6)9-1-10(8)4(2)7/h1,5,7-8H2,(H2,6,9). The van der Waals surface area contributed by atoms with Gasteiger partial charge < -0.3 is 17.2 Å². The molecule has 0 atom stereocenters. The Hall–Kier alpha value is -1.43. The fraction of sp³-hybridized carbons (Fsp3) is 0.250. The Kier molecular flexibility index (Phi) is 1.38. The summed E-state index contributed by atoms with van der Waals surface area (Å²) in [4.78, 5) is 3.77. The van der Waals surface area contributed by atoms with E-state index in [2.05, 4.69) is 4.99 Å². The lowest BCUT2D eigenvalue weighted by molar-refractivity contribution is 0.358. The predicted octanol–water partition coefficient (Wildman–Crippen LogP) is -2.42. The average Bonchev–Trinajstić information content (AvgIpc) is 1.93. The maximum Gasteiger partial charge on any atom is 0.147 e. The minimum atomic E-state index is 0.244. The third kappa shape index (κ3) is 0.841. The lowest BCUT2D eigenvalue weighted by atomic mass is 10.4. The molecule has 0 aromatic heterocycles. The van der Waals surface area contributed by atoms with E-state index in [0.29, 0.717) is 0 Å². The van der Waals surface area contributed by atoms with Crippen LogP contribution in [-0.2, 0) is 0 Å². The van der Waals surface area contributed by atoms with Gasteiger partial charge in [0.25, 0.3) is 0 Å². The van der Waals surface area contributed by atoms with Gasteiger partial charge in [0, 0.05) is 0 Å². The molecular weight excluding hydrogens is 132 g/mol. The number of rotatable bonds is 0. The Labute approximate surface area is 58.1 Å². The van der Waals surface area contributed by atoms with Crippen LogP contribution in [0.2, 0.25) is 0 Å². The molecule has 1 rings (SSSR count). The van der Waals surface area contributed by atoms with Crippen molar-refractivity contribution in [2.75, 3.05) is 6.67 Å². The number of amidine groups is 1. The van der Waals surface area contributed by atoms with E-state index >= 15 is 0 Å². The minimum Gasteiger partial charge on any atom is -0.393 e. The van der Waals surface area contributed by atoms with Crippen molar-refractivity contribution in [2.24, 2.45) is 28.0 Å². The van der Waals surface area contributed by atoms with Crippen molar-refractivity contribution in [3.05, 3.63) is 11.5 Å². The molecule has 0 aromatic rings. The van der Waals surface area contributed by atoms with Crippen LogP contribution in [0.1, 0.15) is 0 Å². The van der Waals surface area contributed by atoms with Crippen LogP contribution < -0.4 is 23.0 Å². The van der Waals surface area contributed by atoms with Gasteiger partial charge in [-0.3, -0.25) is 5.01 Å². The summed E-state index contributed by atoms with van der Waals surface area (Å²) in [6.45, 7) is 0.262. The average molecular weight is 142 g/mol. The molecule has 0 bridgehead atoms. The molecule has 0 amide bonds. The van der Waals surface area contributed by atoms with Crippen molar-refractivity contribution in [2.45, 2.75) is 0 Å². The Morgan fingerprint density at radius 2 is 1.90 bits per heavy atom. The van der Waals surface area contributed by atoms with Crippen LogP contribution in [0, 0.1) is 0 Å². The highest BCUT2D eigenvalue weighted by atomic mass is 15.5.